The SMILES string of the molecule is O=[N+]([O-])c1cc(Cl)c2c(c1)[C@@H]1C=CC[C@H]1[C@@H](c1ccc(Cl)cc1)N2. The molecule has 3 atom stereocenters. The van der Waals surface area contributed by atoms with Gasteiger partial charge in [0.2, 0.25) is 0 Å². The smallest absolute Gasteiger partial charge is 0.271 e. The van der Waals surface area contributed by atoms with Crippen molar-refractivity contribution in [2.75, 3.05) is 5.32 Å². The molecule has 0 amide bonds. The Kier molecular flexibility index (Phi) is 3.74. The lowest BCUT2D eigenvalue weighted by Gasteiger charge is -2.37. The minimum absolute atomic E-state index is 0.0320. The van der Waals surface area contributed by atoms with E-state index in [-0.39, 0.29) is 17.6 Å². The minimum Gasteiger partial charge on any atom is -0.376 e. The molecule has 0 spiro atoms. The van der Waals surface area contributed by atoms with E-state index in [0.717, 1.165) is 23.2 Å². The van der Waals surface area contributed by atoms with Crippen LogP contribution in [0.3, 0.4) is 0 Å². The molecule has 2 aromatic rings. The predicted molar refractivity (Wildman–Crippen MR) is 95.9 cm³/mol. The molecule has 1 aliphatic carbocycles. The number of nitro benzene ring substituents is 1. The van der Waals surface area contributed by atoms with Crippen LogP contribution in [0.2, 0.25) is 10.0 Å². The molecule has 1 N–H and O–H groups in total. The molecule has 122 valence electrons. The number of fused-ring (bicyclic) bond motifs is 3. The zero-order valence-electron chi connectivity index (χ0n) is 12.6. The van der Waals surface area contributed by atoms with Crippen LogP contribution in [0.1, 0.15) is 29.5 Å². The third-order valence-corrected chi connectivity index (χ3v) is 5.40. The van der Waals surface area contributed by atoms with Gasteiger partial charge < -0.3 is 5.32 Å². The Morgan fingerprint density at radius 3 is 2.62 bits per heavy atom. The molecular formula is C18H14Cl2N2O2. The van der Waals surface area contributed by atoms with E-state index in [1.165, 1.54) is 6.07 Å². The first-order valence-corrected chi connectivity index (χ1v) is 8.46. The van der Waals surface area contributed by atoms with E-state index >= 15 is 0 Å². The predicted octanol–water partition coefficient (Wildman–Crippen LogP) is 5.73. The molecule has 0 saturated carbocycles. The van der Waals surface area contributed by atoms with E-state index in [1.54, 1.807) is 6.07 Å². The molecule has 0 aromatic heterocycles. The highest BCUT2D eigenvalue weighted by Gasteiger charge is 2.39. The van der Waals surface area contributed by atoms with E-state index in [2.05, 4.69) is 17.5 Å². The van der Waals surface area contributed by atoms with Gasteiger partial charge in [-0.1, -0.05) is 47.5 Å². The zero-order valence-corrected chi connectivity index (χ0v) is 14.1. The number of non-ortho nitro benzene ring substituents is 1. The van der Waals surface area contributed by atoms with Crippen LogP contribution in [0.15, 0.2) is 48.6 Å². The molecule has 1 aliphatic heterocycles. The summed E-state index contributed by atoms with van der Waals surface area (Å²) < 4.78 is 0. The van der Waals surface area contributed by atoms with Crippen molar-refractivity contribution in [1.29, 1.82) is 0 Å². The summed E-state index contributed by atoms with van der Waals surface area (Å²) in [5.41, 5.74) is 2.86. The fraction of sp³-hybridized carbons (Fsp3) is 0.222. The number of nitrogens with one attached hydrogen (secondary N) is 1. The Hall–Kier alpha value is -2.04. The highest BCUT2D eigenvalue weighted by Crippen LogP contribution is 2.52. The number of benzene rings is 2. The van der Waals surface area contributed by atoms with Crippen LogP contribution < -0.4 is 5.32 Å². The average Bonchev–Trinajstić information content (AvgIpc) is 3.05. The Bertz CT molecular complexity index is 849. The summed E-state index contributed by atoms with van der Waals surface area (Å²) in [5.74, 6) is 0.427. The summed E-state index contributed by atoms with van der Waals surface area (Å²) in [7, 11) is 0. The van der Waals surface area contributed by atoms with Crippen LogP contribution in [-0.4, -0.2) is 4.92 Å². The minimum atomic E-state index is -0.398. The largest absolute Gasteiger partial charge is 0.376 e. The highest BCUT2D eigenvalue weighted by molar-refractivity contribution is 6.33. The Morgan fingerprint density at radius 1 is 1.17 bits per heavy atom. The molecule has 0 bridgehead atoms. The molecule has 4 rings (SSSR count). The van der Waals surface area contributed by atoms with Crippen molar-refractivity contribution in [3.8, 4) is 0 Å². The lowest BCUT2D eigenvalue weighted by atomic mass is 9.77. The maximum absolute atomic E-state index is 11.1. The molecule has 24 heavy (non-hydrogen) atoms. The molecular weight excluding hydrogens is 347 g/mol. The van der Waals surface area contributed by atoms with Crippen LogP contribution in [0.25, 0.3) is 0 Å². The summed E-state index contributed by atoms with van der Waals surface area (Å²) in [6.45, 7) is 0. The molecule has 6 heteroatoms. The van der Waals surface area contributed by atoms with Gasteiger partial charge >= 0.3 is 0 Å². The normalized spacial score (nSPS) is 24.2. The van der Waals surface area contributed by atoms with Gasteiger partial charge in [-0.15, -0.1) is 0 Å². The second kappa shape index (κ2) is 5.80. The first kappa shape index (κ1) is 15.5. The van der Waals surface area contributed by atoms with Crippen LogP contribution in [0.4, 0.5) is 11.4 Å². The third kappa shape index (κ3) is 2.46. The van der Waals surface area contributed by atoms with E-state index < -0.39 is 4.92 Å². The molecule has 0 fully saturated rings. The van der Waals surface area contributed by atoms with Crippen molar-refractivity contribution < 1.29 is 4.92 Å². The second-order valence-corrected chi connectivity index (χ2v) is 7.02. The second-order valence-electron chi connectivity index (χ2n) is 6.18. The summed E-state index contributed by atoms with van der Waals surface area (Å²) in [4.78, 5) is 10.7. The van der Waals surface area contributed by atoms with Gasteiger partial charge in [-0.25, -0.2) is 0 Å². The maximum Gasteiger partial charge on any atom is 0.271 e. The van der Waals surface area contributed by atoms with Gasteiger partial charge in [-0.05, 0) is 35.6 Å². The van der Waals surface area contributed by atoms with Crippen molar-refractivity contribution in [3.63, 3.8) is 0 Å². The van der Waals surface area contributed by atoms with Crippen LogP contribution in [-0.2, 0) is 0 Å². The Balaban J connectivity index is 1.82. The van der Waals surface area contributed by atoms with Crippen LogP contribution in [0, 0.1) is 16.0 Å². The fourth-order valence-corrected chi connectivity index (χ4v) is 4.15. The van der Waals surface area contributed by atoms with E-state index in [4.69, 9.17) is 23.2 Å². The molecule has 2 aliphatic rings. The number of halogens is 2. The molecule has 4 nitrogen and oxygen atoms in total. The Morgan fingerprint density at radius 2 is 1.92 bits per heavy atom. The van der Waals surface area contributed by atoms with Gasteiger partial charge in [-0.2, -0.15) is 0 Å². The van der Waals surface area contributed by atoms with E-state index in [0.29, 0.717) is 16.0 Å². The lowest BCUT2D eigenvalue weighted by Crippen LogP contribution is -2.29. The first-order valence-electron chi connectivity index (χ1n) is 7.71. The van der Waals surface area contributed by atoms with Crippen molar-refractivity contribution in [2.45, 2.75) is 18.4 Å². The van der Waals surface area contributed by atoms with E-state index in [1.807, 2.05) is 24.3 Å². The molecule has 0 unspecified atom stereocenters. The van der Waals surface area contributed by atoms with E-state index in [9.17, 15) is 10.1 Å². The topological polar surface area (TPSA) is 55.2 Å². The van der Waals surface area contributed by atoms with Gasteiger partial charge in [-0.3, -0.25) is 10.1 Å². The summed E-state index contributed by atoms with van der Waals surface area (Å²) in [5, 5.41) is 15.7. The molecule has 1 heterocycles. The lowest BCUT2D eigenvalue weighted by molar-refractivity contribution is -0.384. The summed E-state index contributed by atoms with van der Waals surface area (Å²) >= 11 is 12.3. The van der Waals surface area contributed by atoms with Crippen molar-refractivity contribution in [3.05, 3.63) is 79.8 Å². The standard InChI is InChI=1S/C18H14Cl2N2O2/c19-11-6-4-10(5-7-11)17-14-3-1-2-13(14)15-8-12(22(23)24)9-16(20)18(15)21-17/h1-2,4-9,13-14,17,21H,3H2/t13-,14-,17-/m1/s1. The zero-order chi connectivity index (χ0) is 16.8. The van der Waals surface area contributed by atoms with Crippen LogP contribution in [0.5, 0.6) is 0 Å². The highest BCUT2D eigenvalue weighted by atomic mass is 35.5. The van der Waals surface area contributed by atoms with Gasteiger partial charge in [0, 0.05) is 23.1 Å². The molecule has 0 radical (unpaired) electrons. The number of hydrogen-bond acceptors (Lipinski definition) is 3. The van der Waals surface area contributed by atoms with Crippen molar-refractivity contribution in [1.82, 2.24) is 0 Å². The summed E-state index contributed by atoms with van der Waals surface area (Å²) in [6.07, 6.45) is 5.19. The number of anilines is 1. The number of nitrogens with zero attached hydrogens (tertiary/aromatic N) is 1. The Labute approximate surface area is 149 Å². The maximum atomic E-state index is 11.1. The fourth-order valence-electron chi connectivity index (χ4n) is 3.75. The third-order valence-electron chi connectivity index (χ3n) is 4.85. The quantitative estimate of drug-likeness (QED) is 0.422. The monoisotopic (exact) mass is 360 g/mol. The van der Waals surface area contributed by atoms with Crippen LogP contribution >= 0.6 is 23.2 Å². The first-order chi connectivity index (χ1) is 11.5. The number of allylic oxidation sites excluding steroid dienone is 2. The molecule has 2 aromatic carbocycles. The van der Waals surface area contributed by atoms with Gasteiger partial charge in [0.1, 0.15) is 0 Å². The number of rotatable bonds is 2. The molecule has 0 saturated heterocycles. The van der Waals surface area contributed by atoms with Gasteiger partial charge in [0.15, 0.2) is 0 Å². The van der Waals surface area contributed by atoms with Crippen molar-refractivity contribution >= 4 is 34.6 Å². The van der Waals surface area contributed by atoms with Gasteiger partial charge in [0.05, 0.1) is 21.7 Å². The average molecular weight is 361 g/mol. The number of hydrogen-bond donors (Lipinski definition) is 1. The summed E-state index contributed by atoms with van der Waals surface area (Å²) in [6, 6.07) is 10.9. The van der Waals surface area contributed by atoms with Crippen molar-refractivity contribution in [2.24, 2.45) is 5.92 Å². The number of nitro groups is 1. The van der Waals surface area contributed by atoms with Gasteiger partial charge in [0.25, 0.3) is 5.69 Å².